The largest absolute Gasteiger partial charge is 0.496 e. The van der Waals surface area contributed by atoms with Gasteiger partial charge in [0.2, 0.25) is 0 Å². The Kier molecular flexibility index (Phi) is 4.00. The Morgan fingerprint density at radius 3 is 2.67 bits per heavy atom. The molecular weight excluding hydrogens is 212 g/mol. The van der Waals surface area contributed by atoms with Crippen molar-refractivity contribution in [2.45, 2.75) is 32.3 Å². The van der Waals surface area contributed by atoms with Gasteiger partial charge in [0.1, 0.15) is 5.75 Å². The Morgan fingerprint density at radius 1 is 1.47 bits per heavy atom. The molecule has 1 N–H and O–H groups in total. The van der Waals surface area contributed by atoms with E-state index in [2.05, 4.69) is 0 Å². The third-order valence-corrected chi connectivity index (χ3v) is 2.71. The lowest BCUT2D eigenvalue weighted by molar-refractivity contribution is 0.0445. The predicted octanol–water partition coefficient (Wildman–Crippen LogP) is 3.36. The van der Waals surface area contributed by atoms with Crippen LogP contribution in [0.3, 0.4) is 0 Å². The lowest BCUT2D eigenvalue weighted by Crippen LogP contribution is -2.21. The SMILES string of the molecule is CCCC(C)(O)c1cc(Cl)ccc1OC. The average molecular weight is 229 g/mol. The second kappa shape index (κ2) is 4.86. The maximum absolute atomic E-state index is 10.3. The molecule has 0 spiro atoms. The molecule has 0 fully saturated rings. The van der Waals surface area contributed by atoms with Crippen LogP contribution in [0.4, 0.5) is 0 Å². The summed E-state index contributed by atoms with van der Waals surface area (Å²) in [4.78, 5) is 0. The second-order valence-electron chi connectivity index (χ2n) is 3.87. The molecule has 0 aliphatic heterocycles. The number of hydrogen-bond acceptors (Lipinski definition) is 2. The summed E-state index contributed by atoms with van der Waals surface area (Å²) in [6, 6.07) is 5.30. The monoisotopic (exact) mass is 228 g/mol. The van der Waals surface area contributed by atoms with Crippen molar-refractivity contribution in [2.24, 2.45) is 0 Å². The van der Waals surface area contributed by atoms with E-state index in [9.17, 15) is 5.11 Å². The van der Waals surface area contributed by atoms with Gasteiger partial charge in [0.25, 0.3) is 0 Å². The van der Waals surface area contributed by atoms with Crippen molar-refractivity contribution >= 4 is 11.6 Å². The Labute approximate surface area is 95.8 Å². The highest BCUT2D eigenvalue weighted by Crippen LogP contribution is 2.34. The van der Waals surface area contributed by atoms with E-state index in [4.69, 9.17) is 16.3 Å². The minimum Gasteiger partial charge on any atom is -0.496 e. The highest BCUT2D eigenvalue weighted by Gasteiger charge is 2.25. The van der Waals surface area contributed by atoms with Crippen LogP contribution < -0.4 is 4.74 Å². The molecule has 0 amide bonds. The maximum Gasteiger partial charge on any atom is 0.125 e. The number of aliphatic hydroxyl groups is 1. The molecule has 0 radical (unpaired) electrons. The standard InChI is InChI=1S/C12H17ClO2/c1-4-7-12(2,14)10-8-9(13)5-6-11(10)15-3/h5-6,8,14H,4,7H2,1-3H3. The predicted molar refractivity (Wildman–Crippen MR) is 62.5 cm³/mol. The summed E-state index contributed by atoms with van der Waals surface area (Å²) in [5, 5.41) is 10.9. The van der Waals surface area contributed by atoms with Gasteiger partial charge in [-0.3, -0.25) is 0 Å². The van der Waals surface area contributed by atoms with Gasteiger partial charge >= 0.3 is 0 Å². The summed E-state index contributed by atoms with van der Waals surface area (Å²) in [7, 11) is 1.59. The van der Waals surface area contributed by atoms with E-state index in [1.807, 2.05) is 6.92 Å². The Bertz CT molecular complexity index is 334. The first-order chi connectivity index (χ1) is 7.01. The van der Waals surface area contributed by atoms with Gasteiger partial charge in [-0.15, -0.1) is 0 Å². The van der Waals surface area contributed by atoms with E-state index >= 15 is 0 Å². The van der Waals surface area contributed by atoms with E-state index in [1.165, 1.54) is 0 Å². The van der Waals surface area contributed by atoms with Crippen LogP contribution in [-0.2, 0) is 5.60 Å². The van der Waals surface area contributed by atoms with Crippen LogP contribution in [0.1, 0.15) is 32.3 Å². The van der Waals surface area contributed by atoms with Crippen molar-refractivity contribution in [3.05, 3.63) is 28.8 Å². The van der Waals surface area contributed by atoms with Crippen LogP contribution >= 0.6 is 11.6 Å². The van der Waals surface area contributed by atoms with Crippen molar-refractivity contribution < 1.29 is 9.84 Å². The van der Waals surface area contributed by atoms with Crippen molar-refractivity contribution in [2.75, 3.05) is 7.11 Å². The molecule has 15 heavy (non-hydrogen) atoms. The maximum atomic E-state index is 10.3. The third kappa shape index (κ3) is 2.86. The number of hydrogen-bond donors (Lipinski definition) is 1. The smallest absolute Gasteiger partial charge is 0.125 e. The highest BCUT2D eigenvalue weighted by molar-refractivity contribution is 6.30. The lowest BCUT2D eigenvalue weighted by Gasteiger charge is -2.25. The zero-order valence-electron chi connectivity index (χ0n) is 9.38. The Morgan fingerprint density at radius 2 is 2.13 bits per heavy atom. The summed E-state index contributed by atoms with van der Waals surface area (Å²) in [5.41, 5.74) is -0.135. The molecule has 1 aromatic rings. The number of benzene rings is 1. The van der Waals surface area contributed by atoms with E-state index < -0.39 is 5.60 Å². The first kappa shape index (κ1) is 12.3. The molecule has 1 rings (SSSR count). The number of rotatable bonds is 4. The van der Waals surface area contributed by atoms with Gasteiger partial charge in [-0.05, 0) is 31.5 Å². The molecule has 1 aromatic carbocycles. The van der Waals surface area contributed by atoms with Gasteiger partial charge in [0, 0.05) is 10.6 Å². The second-order valence-corrected chi connectivity index (χ2v) is 4.30. The molecule has 0 saturated heterocycles. The average Bonchev–Trinajstić information content (AvgIpc) is 2.17. The summed E-state index contributed by atoms with van der Waals surface area (Å²) in [6.07, 6.45) is 1.59. The molecule has 0 saturated carbocycles. The molecule has 2 nitrogen and oxygen atoms in total. The number of methoxy groups -OCH3 is 1. The molecule has 0 aliphatic rings. The molecule has 0 aromatic heterocycles. The summed E-state index contributed by atoms with van der Waals surface area (Å²) in [6.45, 7) is 3.82. The van der Waals surface area contributed by atoms with Crippen LogP contribution in [0.25, 0.3) is 0 Å². The summed E-state index contributed by atoms with van der Waals surface area (Å²) >= 11 is 5.91. The third-order valence-electron chi connectivity index (χ3n) is 2.48. The molecule has 0 aliphatic carbocycles. The highest BCUT2D eigenvalue weighted by atomic mass is 35.5. The Balaban J connectivity index is 3.15. The minimum atomic E-state index is -0.884. The van der Waals surface area contributed by atoms with E-state index in [1.54, 1.807) is 32.2 Å². The van der Waals surface area contributed by atoms with Crippen LogP contribution in [0, 0.1) is 0 Å². The normalized spacial score (nSPS) is 14.7. The van der Waals surface area contributed by atoms with Gasteiger partial charge in [-0.1, -0.05) is 24.9 Å². The fourth-order valence-corrected chi connectivity index (χ4v) is 1.89. The van der Waals surface area contributed by atoms with E-state index in [0.717, 1.165) is 12.0 Å². The fraction of sp³-hybridized carbons (Fsp3) is 0.500. The van der Waals surface area contributed by atoms with Gasteiger partial charge < -0.3 is 9.84 Å². The molecular formula is C12H17ClO2. The molecule has 1 unspecified atom stereocenters. The molecule has 1 atom stereocenters. The van der Waals surface area contributed by atoms with Crippen molar-refractivity contribution in [3.8, 4) is 5.75 Å². The van der Waals surface area contributed by atoms with Crippen molar-refractivity contribution in [1.29, 1.82) is 0 Å². The van der Waals surface area contributed by atoms with Gasteiger partial charge in [0.05, 0.1) is 12.7 Å². The summed E-state index contributed by atoms with van der Waals surface area (Å²) in [5.74, 6) is 0.679. The zero-order chi connectivity index (χ0) is 11.5. The first-order valence-corrected chi connectivity index (χ1v) is 5.45. The van der Waals surface area contributed by atoms with E-state index in [-0.39, 0.29) is 0 Å². The van der Waals surface area contributed by atoms with Crippen LogP contribution in [0.5, 0.6) is 5.75 Å². The Hall–Kier alpha value is -0.730. The van der Waals surface area contributed by atoms with Gasteiger partial charge in [-0.2, -0.15) is 0 Å². The lowest BCUT2D eigenvalue weighted by atomic mass is 9.90. The van der Waals surface area contributed by atoms with Crippen molar-refractivity contribution in [1.82, 2.24) is 0 Å². The molecule has 0 heterocycles. The minimum absolute atomic E-state index is 0.613. The van der Waals surface area contributed by atoms with Gasteiger partial charge in [0.15, 0.2) is 0 Å². The number of ether oxygens (including phenoxy) is 1. The van der Waals surface area contributed by atoms with Crippen molar-refractivity contribution in [3.63, 3.8) is 0 Å². The molecule has 3 heteroatoms. The van der Waals surface area contributed by atoms with Crippen LogP contribution in [-0.4, -0.2) is 12.2 Å². The van der Waals surface area contributed by atoms with E-state index in [0.29, 0.717) is 17.2 Å². The van der Waals surface area contributed by atoms with Gasteiger partial charge in [-0.25, -0.2) is 0 Å². The fourth-order valence-electron chi connectivity index (χ4n) is 1.72. The number of halogens is 1. The zero-order valence-corrected chi connectivity index (χ0v) is 10.1. The summed E-state index contributed by atoms with van der Waals surface area (Å²) < 4.78 is 5.21. The van der Waals surface area contributed by atoms with Crippen LogP contribution in [0.15, 0.2) is 18.2 Å². The first-order valence-electron chi connectivity index (χ1n) is 5.07. The topological polar surface area (TPSA) is 29.5 Å². The quantitative estimate of drug-likeness (QED) is 0.857. The molecule has 84 valence electrons. The van der Waals surface area contributed by atoms with Crippen LogP contribution in [0.2, 0.25) is 5.02 Å². The molecule has 0 bridgehead atoms.